The van der Waals surface area contributed by atoms with E-state index in [2.05, 4.69) is 25.7 Å². The predicted octanol–water partition coefficient (Wildman–Crippen LogP) is 2.87. The van der Waals surface area contributed by atoms with Crippen LogP contribution < -0.4 is 10.6 Å². The number of hydrogen-bond acceptors (Lipinski definition) is 7. The van der Waals surface area contributed by atoms with Gasteiger partial charge in [0.1, 0.15) is 22.6 Å². The number of alkyl halides is 3. The molecule has 2 aliphatic carbocycles. The van der Waals surface area contributed by atoms with E-state index < -0.39 is 17.2 Å². The van der Waals surface area contributed by atoms with Crippen molar-refractivity contribution in [3.63, 3.8) is 0 Å². The van der Waals surface area contributed by atoms with Gasteiger partial charge < -0.3 is 15.4 Å². The minimum Gasteiger partial charge on any atom is -0.465 e. The van der Waals surface area contributed by atoms with Gasteiger partial charge in [-0.2, -0.15) is 23.3 Å². The van der Waals surface area contributed by atoms with E-state index in [9.17, 15) is 18.0 Å². The fraction of sp³-hybridized carbons (Fsp3) is 0.556. The molecular weight excluding hydrogens is 389 g/mol. The van der Waals surface area contributed by atoms with Crippen molar-refractivity contribution in [3.8, 4) is 0 Å². The van der Waals surface area contributed by atoms with Crippen LogP contribution in [0.15, 0.2) is 12.3 Å². The lowest BCUT2D eigenvalue weighted by Crippen LogP contribution is -2.22. The fourth-order valence-corrected chi connectivity index (χ4v) is 4.32. The van der Waals surface area contributed by atoms with Gasteiger partial charge in [0.2, 0.25) is 5.95 Å². The maximum Gasteiger partial charge on any atom is 0.421 e. The predicted molar refractivity (Wildman–Crippen MR) is 95.7 cm³/mol. The van der Waals surface area contributed by atoms with Crippen LogP contribution in [-0.4, -0.2) is 39.4 Å². The number of esters is 1. The van der Waals surface area contributed by atoms with Crippen molar-refractivity contribution >= 4 is 23.6 Å². The number of nitrogens with one attached hydrogen (secondary N) is 2. The normalized spacial score (nSPS) is 28.1. The van der Waals surface area contributed by atoms with Crippen LogP contribution in [0.2, 0.25) is 0 Å². The van der Waals surface area contributed by atoms with Crippen LogP contribution in [0.1, 0.15) is 37.1 Å². The number of anilines is 3. The molecule has 0 radical (unpaired) electrons. The van der Waals surface area contributed by atoms with Crippen molar-refractivity contribution in [3.05, 3.63) is 23.5 Å². The zero-order chi connectivity index (χ0) is 20.6. The quantitative estimate of drug-likeness (QED) is 0.735. The molecule has 2 aromatic heterocycles. The summed E-state index contributed by atoms with van der Waals surface area (Å²) in [4.78, 5) is 20.2. The summed E-state index contributed by atoms with van der Waals surface area (Å²) in [6, 6.07) is 1.95. The highest BCUT2D eigenvalue weighted by Crippen LogP contribution is 2.64. The molecular formula is C18H19F3N6O2. The van der Waals surface area contributed by atoms with Crippen LogP contribution in [0.4, 0.5) is 30.8 Å². The Balaban J connectivity index is 1.50. The average Bonchev–Trinajstić information content (AvgIpc) is 3.52. The lowest BCUT2D eigenvalue weighted by molar-refractivity contribution is -0.143. The summed E-state index contributed by atoms with van der Waals surface area (Å²) in [5.74, 6) is 0.256. The molecule has 1 aliphatic heterocycles. The van der Waals surface area contributed by atoms with Crippen molar-refractivity contribution in [2.45, 2.75) is 37.4 Å². The molecule has 2 N–H and O–H groups in total. The van der Waals surface area contributed by atoms with E-state index in [4.69, 9.17) is 4.74 Å². The Labute approximate surface area is 163 Å². The molecule has 3 fully saturated rings. The molecule has 0 spiro atoms. The van der Waals surface area contributed by atoms with E-state index in [1.54, 1.807) is 10.7 Å². The first kappa shape index (κ1) is 18.2. The molecule has 2 saturated carbocycles. The number of cyclic esters (lactones) is 1. The highest BCUT2D eigenvalue weighted by Gasteiger charge is 2.74. The Morgan fingerprint density at radius 2 is 2.10 bits per heavy atom. The standard InChI is InChI=1S/C18H19F3N6O2/c1-8-11-7-29-15(28)17(8,11)12-5-13(27(26-12)9-3-4-9)24-16-23-6-10(18(19,20)21)14(22-2)25-16/h5-6,8-9,11H,3-4,7H2,1-2H3,(H2,22,23,24,25)/t8?,11?,17-/m1/s1. The second-order valence-corrected chi connectivity index (χ2v) is 7.78. The number of aromatic nitrogens is 4. The second kappa shape index (κ2) is 5.83. The lowest BCUT2D eigenvalue weighted by Gasteiger charge is -2.13. The molecule has 2 aromatic rings. The minimum atomic E-state index is -4.56. The molecule has 8 nitrogen and oxygen atoms in total. The lowest BCUT2D eigenvalue weighted by atomic mass is 9.99. The molecule has 3 heterocycles. The third kappa shape index (κ3) is 2.59. The van der Waals surface area contributed by atoms with E-state index in [1.807, 2.05) is 6.92 Å². The molecule has 29 heavy (non-hydrogen) atoms. The smallest absolute Gasteiger partial charge is 0.421 e. The third-order valence-corrected chi connectivity index (χ3v) is 6.15. The number of carbonyl (C=O) groups is 1. The molecule has 11 heteroatoms. The summed E-state index contributed by atoms with van der Waals surface area (Å²) in [5, 5.41) is 10.1. The number of fused-ring (bicyclic) bond motifs is 1. The largest absolute Gasteiger partial charge is 0.465 e. The summed E-state index contributed by atoms with van der Waals surface area (Å²) in [5.41, 5.74) is -1.02. The van der Waals surface area contributed by atoms with E-state index in [0.717, 1.165) is 19.0 Å². The molecule has 3 aliphatic rings. The molecule has 154 valence electrons. The Morgan fingerprint density at radius 3 is 2.69 bits per heavy atom. The summed E-state index contributed by atoms with van der Waals surface area (Å²) in [7, 11) is 1.37. The molecule has 5 rings (SSSR count). The van der Waals surface area contributed by atoms with Crippen LogP contribution in [0.3, 0.4) is 0 Å². The van der Waals surface area contributed by atoms with E-state index in [-0.39, 0.29) is 35.6 Å². The summed E-state index contributed by atoms with van der Waals surface area (Å²) < 4.78 is 46.2. The maximum absolute atomic E-state index is 13.1. The Hall–Kier alpha value is -2.85. The fourth-order valence-electron chi connectivity index (χ4n) is 4.32. The third-order valence-electron chi connectivity index (χ3n) is 6.15. The van der Waals surface area contributed by atoms with Gasteiger partial charge in [-0.1, -0.05) is 6.92 Å². The van der Waals surface area contributed by atoms with Gasteiger partial charge in [-0.15, -0.1) is 0 Å². The molecule has 0 aromatic carbocycles. The van der Waals surface area contributed by atoms with Crippen molar-refractivity contribution in [1.29, 1.82) is 0 Å². The minimum absolute atomic E-state index is 0.0163. The first-order valence-corrected chi connectivity index (χ1v) is 9.43. The van der Waals surface area contributed by atoms with Gasteiger partial charge in [-0.3, -0.25) is 4.79 Å². The van der Waals surface area contributed by atoms with Crippen LogP contribution in [0.5, 0.6) is 0 Å². The number of nitrogens with zero attached hydrogens (tertiary/aromatic N) is 4. The highest BCUT2D eigenvalue weighted by molar-refractivity contribution is 5.90. The number of carbonyl (C=O) groups excluding carboxylic acids is 1. The first-order valence-electron chi connectivity index (χ1n) is 9.43. The molecule has 0 bridgehead atoms. The Morgan fingerprint density at radius 1 is 1.34 bits per heavy atom. The van der Waals surface area contributed by atoms with Crippen molar-refractivity contribution < 1.29 is 22.7 Å². The van der Waals surface area contributed by atoms with Gasteiger partial charge in [-0.25, -0.2) is 9.67 Å². The van der Waals surface area contributed by atoms with Crippen LogP contribution in [0, 0.1) is 11.8 Å². The molecule has 1 saturated heterocycles. The SMILES string of the molecule is CNc1nc(Nc2cc([C@]34C(=O)OCC3C4C)nn2C2CC2)ncc1C(F)(F)F. The van der Waals surface area contributed by atoms with Crippen molar-refractivity contribution in [1.82, 2.24) is 19.7 Å². The Kier molecular flexibility index (Phi) is 3.66. The number of ether oxygens (including phenoxy) is 1. The van der Waals surface area contributed by atoms with Gasteiger partial charge >= 0.3 is 12.1 Å². The van der Waals surface area contributed by atoms with Crippen molar-refractivity contribution in [2.24, 2.45) is 11.8 Å². The maximum atomic E-state index is 13.1. The highest BCUT2D eigenvalue weighted by atomic mass is 19.4. The van der Waals surface area contributed by atoms with Crippen LogP contribution in [-0.2, 0) is 21.1 Å². The topological polar surface area (TPSA) is 94.0 Å². The van der Waals surface area contributed by atoms with Crippen LogP contribution in [0.25, 0.3) is 0 Å². The van der Waals surface area contributed by atoms with Gasteiger partial charge in [0.25, 0.3) is 0 Å². The van der Waals surface area contributed by atoms with Gasteiger partial charge in [0, 0.05) is 25.2 Å². The zero-order valence-corrected chi connectivity index (χ0v) is 15.7. The monoisotopic (exact) mass is 408 g/mol. The first-order chi connectivity index (χ1) is 13.8. The van der Waals surface area contributed by atoms with E-state index in [0.29, 0.717) is 18.1 Å². The summed E-state index contributed by atoms with van der Waals surface area (Å²) >= 11 is 0. The number of hydrogen-bond donors (Lipinski definition) is 2. The van der Waals surface area contributed by atoms with Gasteiger partial charge in [-0.05, 0) is 18.8 Å². The van der Waals surface area contributed by atoms with Crippen molar-refractivity contribution in [2.75, 3.05) is 24.3 Å². The van der Waals surface area contributed by atoms with Gasteiger partial charge in [0.15, 0.2) is 0 Å². The average molecular weight is 408 g/mol. The Bertz CT molecular complexity index is 1000. The zero-order valence-electron chi connectivity index (χ0n) is 15.7. The summed E-state index contributed by atoms with van der Waals surface area (Å²) in [6.45, 7) is 2.40. The number of rotatable bonds is 5. The second-order valence-electron chi connectivity index (χ2n) is 7.78. The molecule has 2 unspecified atom stereocenters. The van der Waals surface area contributed by atoms with E-state index >= 15 is 0 Å². The van der Waals surface area contributed by atoms with Gasteiger partial charge in [0.05, 0.1) is 18.3 Å². The van der Waals surface area contributed by atoms with E-state index in [1.165, 1.54) is 7.05 Å². The molecule has 3 atom stereocenters. The van der Waals surface area contributed by atoms with Crippen LogP contribution >= 0.6 is 0 Å². The molecule has 0 amide bonds. The number of halogens is 3. The summed E-state index contributed by atoms with van der Waals surface area (Å²) in [6.07, 6.45) is -1.92.